The van der Waals surface area contributed by atoms with Crippen molar-refractivity contribution in [2.45, 2.75) is 13.3 Å². The fraction of sp³-hybridized carbons (Fsp3) is 0.100. The molecule has 0 atom stereocenters. The standard InChI is InChI=1S/C20H16ClFN2OS/c1-2-13-6-8-14(9-7-13)18-12-26-20(23-18)24-19(25)11-10-15-16(21)4-3-5-17(15)22/h3-12H,2H2,1H3,(H,23,24,25). The minimum Gasteiger partial charge on any atom is -0.298 e. The van der Waals surface area contributed by atoms with E-state index in [1.807, 2.05) is 17.5 Å². The second-order valence-electron chi connectivity index (χ2n) is 5.55. The Morgan fingerprint density at radius 2 is 2.04 bits per heavy atom. The van der Waals surface area contributed by atoms with E-state index in [4.69, 9.17) is 11.6 Å². The first-order valence-electron chi connectivity index (χ1n) is 8.04. The van der Waals surface area contributed by atoms with Gasteiger partial charge in [0, 0.05) is 22.6 Å². The summed E-state index contributed by atoms with van der Waals surface area (Å²) in [6.07, 6.45) is 3.57. The van der Waals surface area contributed by atoms with Crippen LogP contribution in [0, 0.1) is 5.82 Å². The predicted molar refractivity (Wildman–Crippen MR) is 106 cm³/mol. The number of amides is 1. The molecule has 1 aromatic heterocycles. The molecule has 0 saturated carbocycles. The molecule has 0 aliphatic rings. The van der Waals surface area contributed by atoms with Gasteiger partial charge in [-0.05, 0) is 30.2 Å². The molecule has 1 heterocycles. The highest BCUT2D eigenvalue weighted by Gasteiger charge is 2.08. The van der Waals surface area contributed by atoms with Crippen LogP contribution in [0.2, 0.25) is 5.02 Å². The number of hydrogen-bond donors (Lipinski definition) is 1. The normalized spacial score (nSPS) is 11.0. The number of nitrogens with zero attached hydrogens (tertiary/aromatic N) is 1. The van der Waals surface area contributed by atoms with Crippen LogP contribution in [0.4, 0.5) is 9.52 Å². The molecule has 0 unspecified atom stereocenters. The monoisotopic (exact) mass is 386 g/mol. The summed E-state index contributed by atoms with van der Waals surface area (Å²) in [6, 6.07) is 12.5. The van der Waals surface area contributed by atoms with Gasteiger partial charge in [0.2, 0.25) is 5.91 Å². The summed E-state index contributed by atoms with van der Waals surface area (Å²) in [6.45, 7) is 2.10. The van der Waals surface area contributed by atoms with E-state index in [2.05, 4.69) is 29.4 Å². The second-order valence-corrected chi connectivity index (χ2v) is 6.81. The van der Waals surface area contributed by atoms with E-state index in [1.54, 1.807) is 6.07 Å². The molecule has 0 aliphatic heterocycles. The fourth-order valence-corrected chi connectivity index (χ4v) is 3.30. The van der Waals surface area contributed by atoms with Crippen molar-refractivity contribution in [3.05, 3.63) is 75.9 Å². The fourth-order valence-electron chi connectivity index (χ4n) is 2.35. The van der Waals surface area contributed by atoms with Gasteiger partial charge in [-0.15, -0.1) is 11.3 Å². The SMILES string of the molecule is CCc1ccc(-c2csc(NC(=O)C=Cc3c(F)cccc3Cl)n2)cc1. The van der Waals surface area contributed by atoms with E-state index in [0.29, 0.717) is 5.13 Å². The Labute approximate surface area is 160 Å². The average Bonchev–Trinajstić information content (AvgIpc) is 3.10. The lowest BCUT2D eigenvalue weighted by Crippen LogP contribution is -2.07. The Bertz CT molecular complexity index is 930. The quantitative estimate of drug-likeness (QED) is 0.561. The lowest BCUT2D eigenvalue weighted by atomic mass is 10.1. The van der Waals surface area contributed by atoms with Crippen LogP contribution in [0.15, 0.2) is 53.9 Å². The molecule has 0 bridgehead atoms. The number of aromatic nitrogens is 1. The van der Waals surface area contributed by atoms with E-state index >= 15 is 0 Å². The molecule has 3 nitrogen and oxygen atoms in total. The third-order valence-corrected chi connectivity index (χ3v) is 4.88. The molecule has 3 rings (SSSR count). The molecule has 26 heavy (non-hydrogen) atoms. The molecule has 6 heteroatoms. The van der Waals surface area contributed by atoms with Gasteiger partial charge in [-0.25, -0.2) is 9.37 Å². The van der Waals surface area contributed by atoms with Gasteiger partial charge in [-0.2, -0.15) is 0 Å². The number of anilines is 1. The Kier molecular flexibility index (Phi) is 5.81. The first-order valence-corrected chi connectivity index (χ1v) is 9.30. The molecular formula is C20H16ClFN2OS. The van der Waals surface area contributed by atoms with Crippen molar-refractivity contribution in [3.8, 4) is 11.3 Å². The minimum atomic E-state index is -0.478. The molecular weight excluding hydrogens is 371 g/mol. The summed E-state index contributed by atoms with van der Waals surface area (Å²) >= 11 is 7.27. The van der Waals surface area contributed by atoms with Crippen LogP contribution >= 0.6 is 22.9 Å². The zero-order chi connectivity index (χ0) is 18.5. The van der Waals surface area contributed by atoms with Crippen LogP contribution in [0.5, 0.6) is 0 Å². The largest absolute Gasteiger partial charge is 0.298 e. The third-order valence-electron chi connectivity index (χ3n) is 3.79. The van der Waals surface area contributed by atoms with Crippen molar-refractivity contribution < 1.29 is 9.18 Å². The number of aryl methyl sites for hydroxylation is 1. The van der Waals surface area contributed by atoms with E-state index in [9.17, 15) is 9.18 Å². The maximum Gasteiger partial charge on any atom is 0.250 e. The average molecular weight is 387 g/mol. The number of halogens is 2. The number of carbonyl (C=O) groups excluding carboxylic acids is 1. The Morgan fingerprint density at radius 3 is 2.73 bits per heavy atom. The van der Waals surface area contributed by atoms with Crippen molar-refractivity contribution in [2.75, 3.05) is 5.32 Å². The van der Waals surface area contributed by atoms with Crippen LogP contribution in [0.1, 0.15) is 18.1 Å². The zero-order valence-corrected chi connectivity index (χ0v) is 15.6. The van der Waals surface area contributed by atoms with E-state index < -0.39 is 11.7 Å². The van der Waals surface area contributed by atoms with Gasteiger partial charge in [-0.1, -0.05) is 48.9 Å². The van der Waals surface area contributed by atoms with Crippen molar-refractivity contribution in [1.82, 2.24) is 4.98 Å². The summed E-state index contributed by atoms with van der Waals surface area (Å²) in [4.78, 5) is 16.5. The number of thiazole rings is 1. The van der Waals surface area contributed by atoms with Crippen molar-refractivity contribution in [3.63, 3.8) is 0 Å². The highest BCUT2D eigenvalue weighted by molar-refractivity contribution is 7.14. The van der Waals surface area contributed by atoms with E-state index in [0.717, 1.165) is 17.7 Å². The lowest BCUT2D eigenvalue weighted by molar-refractivity contribution is -0.111. The van der Waals surface area contributed by atoms with Crippen LogP contribution < -0.4 is 5.32 Å². The molecule has 1 amide bonds. The summed E-state index contributed by atoms with van der Waals surface area (Å²) < 4.78 is 13.7. The summed E-state index contributed by atoms with van der Waals surface area (Å²) in [7, 11) is 0. The van der Waals surface area contributed by atoms with Crippen molar-refractivity contribution >= 4 is 40.1 Å². The molecule has 0 fully saturated rings. The minimum absolute atomic E-state index is 0.181. The molecule has 0 saturated heterocycles. The van der Waals surface area contributed by atoms with E-state index in [1.165, 1.54) is 41.2 Å². The molecule has 0 aliphatic carbocycles. The zero-order valence-electron chi connectivity index (χ0n) is 14.0. The smallest absolute Gasteiger partial charge is 0.250 e. The van der Waals surface area contributed by atoms with Gasteiger partial charge >= 0.3 is 0 Å². The van der Waals surface area contributed by atoms with Gasteiger partial charge in [0.05, 0.1) is 10.7 Å². The van der Waals surface area contributed by atoms with Gasteiger partial charge in [-0.3, -0.25) is 10.1 Å². The van der Waals surface area contributed by atoms with Crippen LogP contribution in [0.3, 0.4) is 0 Å². The predicted octanol–water partition coefficient (Wildman–Crippen LogP) is 5.82. The van der Waals surface area contributed by atoms with Crippen LogP contribution in [0.25, 0.3) is 17.3 Å². The summed E-state index contributed by atoms with van der Waals surface area (Å²) in [5.41, 5.74) is 3.23. The maximum absolute atomic E-state index is 13.7. The Morgan fingerprint density at radius 1 is 1.27 bits per heavy atom. The number of rotatable bonds is 5. The van der Waals surface area contributed by atoms with Gasteiger partial charge < -0.3 is 0 Å². The van der Waals surface area contributed by atoms with Crippen molar-refractivity contribution in [2.24, 2.45) is 0 Å². The Balaban J connectivity index is 1.68. The number of benzene rings is 2. The third kappa shape index (κ3) is 4.36. The molecule has 0 radical (unpaired) electrons. The van der Waals surface area contributed by atoms with Crippen LogP contribution in [-0.4, -0.2) is 10.9 Å². The molecule has 132 valence electrons. The summed E-state index contributed by atoms with van der Waals surface area (Å²) in [5, 5.41) is 5.29. The first kappa shape index (κ1) is 18.3. The molecule has 2 aromatic carbocycles. The topological polar surface area (TPSA) is 42.0 Å². The van der Waals surface area contributed by atoms with Crippen LogP contribution in [-0.2, 0) is 11.2 Å². The van der Waals surface area contributed by atoms with E-state index in [-0.39, 0.29) is 10.6 Å². The second kappa shape index (κ2) is 8.25. The highest BCUT2D eigenvalue weighted by atomic mass is 35.5. The number of hydrogen-bond acceptors (Lipinski definition) is 3. The van der Waals surface area contributed by atoms with Gasteiger partial charge in [0.25, 0.3) is 0 Å². The van der Waals surface area contributed by atoms with Gasteiger partial charge in [0.15, 0.2) is 5.13 Å². The summed E-state index contributed by atoms with van der Waals surface area (Å²) in [5.74, 6) is -0.875. The first-order chi connectivity index (χ1) is 12.6. The number of carbonyl (C=O) groups is 1. The Hall–Kier alpha value is -2.50. The molecule has 3 aromatic rings. The van der Waals surface area contributed by atoms with Crippen molar-refractivity contribution in [1.29, 1.82) is 0 Å². The molecule has 1 N–H and O–H groups in total. The maximum atomic E-state index is 13.7. The molecule has 0 spiro atoms. The highest BCUT2D eigenvalue weighted by Crippen LogP contribution is 2.25. The lowest BCUT2D eigenvalue weighted by Gasteiger charge is -2.00. The van der Waals surface area contributed by atoms with Gasteiger partial charge in [0.1, 0.15) is 5.82 Å². The number of nitrogens with one attached hydrogen (secondary N) is 1.